The first-order valence-electron chi connectivity index (χ1n) is 20.9. The number of ketones is 1. The smallest absolute Gasteiger partial charge is 0.338 e. The van der Waals surface area contributed by atoms with Gasteiger partial charge in [-0.3, -0.25) is 19.2 Å². The number of esters is 4. The van der Waals surface area contributed by atoms with Crippen LogP contribution in [0.5, 0.6) is 0 Å². The fourth-order valence-electron chi connectivity index (χ4n) is 10.1. The van der Waals surface area contributed by atoms with Crippen LogP contribution in [-0.2, 0) is 47.7 Å². The fraction of sp³-hybridized carbons (Fsp3) is 0.532. The monoisotopic (exact) mass is 859 g/mol. The number of rotatable bonds is 11. The molecule has 4 aliphatic rings. The molecule has 1 heterocycles. The molecule has 1 unspecified atom stereocenters. The zero-order chi connectivity index (χ0) is 45.7. The second-order valence-electron chi connectivity index (χ2n) is 17.7. The molecule has 15 nitrogen and oxygen atoms in total. The van der Waals surface area contributed by atoms with Crippen LogP contribution in [0.15, 0.2) is 77.4 Å². The molecular weight excluding hydrogens is 803 g/mol. The van der Waals surface area contributed by atoms with Gasteiger partial charge in [0.1, 0.15) is 36.1 Å². The van der Waals surface area contributed by atoms with Gasteiger partial charge < -0.3 is 44.3 Å². The molecule has 2 bridgehead atoms. The van der Waals surface area contributed by atoms with E-state index in [1.54, 1.807) is 96.1 Å². The Morgan fingerprint density at radius 2 is 1.66 bits per heavy atom. The van der Waals surface area contributed by atoms with E-state index in [0.29, 0.717) is 16.7 Å². The summed E-state index contributed by atoms with van der Waals surface area (Å²) in [6, 6.07) is 13.5. The van der Waals surface area contributed by atoms with Gasteiger partial charge in [0, 0.05) is 37.2 Å². The fourth-order valence-corrected chi connectivity index (χ4v) is 10.1. The molecule has 1 saturated heterocycles. The van der Waals surface area contributed by atoms with Gasteiger partial charge in [-0.25, -0.2) is 9.59 Å². The number of fused-ring (bicyclic) bond motifs is 5. The van der Waals surface area contributed by atoms with Gasteiger partial charge in [0.25, 0.3) is 0 Å². The number of hydrogen-bond acceptors (Lipinski definition) is 14. The molecule has 334 valence electrons. The molecule has 6 rings (SSSR count). The van der Waals surface area contributed by atoms with Crippen LogP contribution in [0.3, 0.4) is 0 Å². The summed E-state index contributed by atoms with van der Waals surface area (Å²) in [7, 11) is 0. The molecule has 0 aromatic heterocycles. The van der Waals surface area contributed by atoms with Crippen LogP contribution in [0.4, 0.5) is 0 Å². The molecule has 2 aromatic carbocycles. The number of aliphatic hydroxyl groups is 3. The zero-order valence-electron chi connectivity index (χ0n) is 36.6. The molecule has 11 atom stereocenters. The number of nitrogens with one attached hydrogen (secondary N) is 1. The Kier molecular flexibility index (Phi) is 12.8. The number of aryl methyl sites for hydroxylation is 1. The standard InChI is InChI=1S/C47H57NO14/c1-10-25(4)41(54)48-35(28-17-13-12-14-18-28)37(52)43(56)59-30-22-47(57)40(61-42(55)29-19-15-16-24(3)20-29)38-45(9,39(53)36(51)34(26(30)5)44(47,7)8)31(60-33(50)11-2)21-32-46(38,23-58-32)62-27(6)49/h10,12-20,30-32,35-38,40,51-52,57H,11,21-23H2,1-9H3,(H,48,54)/b25-10+/t30-,31-,32+,35-,36+,37+,38?,40-,45+,46-,47+/m0/s1. The second-order valence-corrected chi connectivity index (χ2v) is 17.7. The molecule has 3 aliphatic carbocycles. The minimum Gasteiger partial charge on any atom is -0.461 e. The number of allylic oxidation sites excluding steroid dienone is 1. The third-order valence-corrected chi connectivity index (χ3v) is 13.7. The van der Waals surface area contributed by atoms with Crippen molar-refractivity contribution < 1.29 is 67.8 Å². The first-order chi connectivity index (χ1) is 29.1. The minimum absolute atomic E-state index is 0.0643. The Morgan fingerprint density at radius 3 is 2.24 bits per heavy atom. The van der Waals surface area contributed by atoms with Crippen molar-refractivity contribution in [2.75, 3.05) is 6.61 Å². The third kappa shape index (κ3) is 7.66. The van der Waals surface area contributed by atoms with Gasteiger partial charge in [0.15, 0.2) is 17.5 Å². The van der Waals surface area contributed by atoms with E-state index < -0.39 is 113 Å². The summed E-state index contributed by atoms with van der Waals surface area (Å²) in [5.41, 5.74) is -6.24. The van der Waals surface area contributed by atoms with Gasteiger partial charge in [0.05, 0.1) is 29.5 Å². The Bertz CT molecular complexity index is 2200. The maximum atomic E-state index is 15.4. The van der Waals surface area contributed by atoms with Crippen molar-refractivity contribution in [3.8, 4) is 0 Å². The van der Waals surface area contributed by atoms with Crippen LogP contribution < -0.4 is 5.32 Å². The van der Waals surface area contributed by atoms with Crippen molar-refractivity contribution in [3.05, 3.63) is 94.1 Å². The lowest BCUT2D eigenvalue weighted by Crippen LogP contribution is -2.82. The average molecular weight is 860 g/mol. The number of ether oxygens (including phenoxy) is 5. The molecule has 1 amide bonds. The normalized spacial score (nSPS) is 32.3. The van der Waals surface area contributed by atoms with Crippen LogP contribution in [0.1, 0.15) is 102 Å². The van der Waals surface area contributed by atoms with Gasteiger partial charge in [0.2, 0.25) is 5.91 Å². The van der Waals surface area contributed by atoms with E-state index in [1.165, 1.54) is 19.9 Å². The predicted molar refractivity (Wildman–Crippen MR) is 221 cm³/mol. The first-order valence-corrected chi connectivity index (χ1v) is 20.9. The lowest BCUT2D eigenvalue weighted by molar-refractivity contribution is -0.346. The summed E-state index contributed by atoms with van der Waals surface area (Å²) < 4.78 is 30.6. The highest BCUT2D eigenvalue weighted by Gasteiger charge is 2.78. The Morgan fingerprint density at radius 1 is 0.984 bits per heavy atom. The van der Waals surface area contributed by atoms with E-state index in [4.69, 9.17) is 23.7 Å². The summed E-state index contributed by atoms with van der Waals surface area (Å²) in [6.07, 6.45) is -8.88. The molecule has 1 aliphatic heterocycles. The van der Waals surface area contributed by atoms with Crippen molar-refractivity contribution >= 4 is 35.6 Å². The Balaban J connectivity index is 1.55. The quantitative estimate of drug-likeness (QED) is 0.108. The zero-order valence-corrected chi connectivity index (χ0v) is 36.6. The molecule has 2 saturated carbocycles. The molecule has 15 heteroatoms. The number of benzene rings is 2. The van der Waals surface area contributed by atoms with Crippen LogP contribution in [0.25, 0.3) is 0 Å². The molecule has 3 fully saturated rings. The highest BCUT2D eigenvalue weighted by molar-refractivity contribution is 5.95. The van der Waals surface area contributed by atoms with Crippen molar-refractivity contribution in [2.45, 2.75) is 135 Å². The Labute approximate surface area is 360 Å². The second kappa shape index (κ2) is 17.2. The third-order valence-electron chi connectivity index (χ3n) is 13.7. The molecule has 4 N–H and O–H groups in total. The molecular formula is C47H57NO14. The lowest BCUT2D eigenvalue weighted by Gasteiger charge is -2.67. The summed E-state index contributed by atoms with van der Waals surface area (Å²) in [5, 5.41) is 40.5. The summed E-state index contributed by atoms with van der Waals surface area (Å²) in [4.78, 5) is 83.3. The van der Waals surface area contributed by atoms with Gasteiger partial charge >= 0.3 is 23.9 Å². The van der Waals surface area contributed by atoms with Crippen molar-refractivity contribution in [2.24, 2.45) is 16.7 Å². The van der Waals surface area contributed by atoms with Gasteiger partial charge in [-0.1, -0.05) is 74.9 Å². The maximum Gasteiger partial charge on any atom is 0.338 e. The number of carbonyl (C=O) groups is 6. The van der Waals surface area contributed by atoms with E-state index in [1.807, 2.05) is 0 Å². The number of Topliss-reactive ketones (excluding diaryl/α,β-unsaturated/α-hetero) is 1. The summed E-state index contributed by atoms with van der Waals surface area (Å²) in [6.45, 7) is 13.5. The van der Waals surface area contributed by atoms with Crippen LogP contribution in [-0.4, -0.2) is 105 Å². The number of carbonyl (C=O) groups excluding carboxylic acids is 6. The van der Waals surface area contributed by atoms with Gasteiger partial charge in [-0.05, 0) is 63.5 Å². The van der Waals surface area contributed by atoms with Gasteiger partial charge in [-0.15, -0.1) is 0 Å². The SMILES string of the molecule is C/C=C(\C)C(=O)N[C@@H](c1ccccc1)[C@@H](O)C(=O)O[C@H]1C[C@@]2(O)[C@@H](OC(=O)c3cccc(C)c3)C3[C@](C)(C(=O)[C@H](O)C(=C1C)C2(C)C)[C@@H](OC(=O)CC)C[C@H]1OC[C@@]31OC(C)=O. The van der Waals surface area contributed by atoms with Crippen molar-refractivity contribution in [3.63, 3.8) is 0 Å². The lowest BCUT2D eigenvalue weighted by atomic mass is 9.44. The van der Waals surface area contributed by atoms with Crippen molar-refractivity contribution in [1.29, 1.82) is 0 Å². The van der Waals surface area contributed by atoms with E-state index in [-0.39, 0.29) is 36.2 Å². The molecule has 0 radical (unpaired) electrons. The van der Waals surface area contributed by atoms with E-state index in [9.17, 15) is 39.3 Å². The maximum absolute atomic E-state index is 15.4. The largest absolute Gasteiger partial charge is 0.461 e. The average Bonchev–Trinajstić information content (AvgIpc) is 3.22. The number of hydrogen-bond donors (Lipinski definition) is 4. The highest BCUT2D eigenvalue weighted by Crippen LogP contribution is 2.64. The molecule has 62 heavy (non-hydrogen) atoms. The summed E-state index contributed by atoms with van der Waals surface area (Å²) in [5.74, 6) is -6.59. The molecule has 0 spiro atoms. The molecule has 2 aromatic rings. The predicted octanol–water partition coefficient (Wildman–Crippen LogP) is 4.09. The Hall–Kier alpha value is -5.22. The van der Waals surface area contributed by atoms with Crippen LogP contribution >= 0.6 is 0 Å². The number of aliphatic hydroxyl groups excluding tert-OH is 2. The minimum atomic E-state index is -2.38. The first kappa shape index (κ1) is 46.3. The summed E-state index contributed by atoms with van der Waals surface area (Å²) >= 11 is 0. The highest BCUT2D eigenvalue weighted by atomic mass is 16.6. The topological polar surface area (TPSA) is 221 Å². The van der Waals surface area contributed by atoms with E-state index in [2.05, 4.69) is 5.32 Å². The van der Waals surface area contributed by atoms with Gasteiger partial charge in [-0.2, -0.15) is 0 Å². The van der Waals surface area contributed by atoms with E-state index in [0.717, 1.165) is 6.92 Å². The van der Waals surface area contributed by atoms with E-state index >= 15 is 4.79 Å². The van der Waals surface area contributed by atoms with Crippen LogP contribution in [0, 0.1) is 23.7 Å². The van der Waals surface area contributed by atoms with Crippen LogP contribution in [0.2, 0.25) is 0 Å². The number of amides is 1. The van der Waals surface area contributed by atoms with Crippen molar-refractivity contribution in [1.82, 2.24) is 5.32 Å².